The van der Waals surface area contributed by atoms with Crippen molar-refractivity contribution in [2.45, 2.75) is 6.92 Å². The Hall–Kier alpha value is -3.40. The molecule has 0 saturated heterocycles. The van der Waals surface area contributed by atoms with Crippen LogP contribution in [-0.2, 0) is 0 Å². The first kappa shape index (κ1) is 15.1. The summed E-state index contributed by atoms with van der Waals surface area (Å²) in [6, 6.07) is 25.0. The number of carbonyl (C=O) groups excluding carboxylic acids is 1. The van der Waals surface area contributed by atoms with Gasteiger partial charge in [-0.15, -0.1) is 0 Å². The molecule has 0 aliphatic heterocycles. The average molecular weight is 327 g/mol. The highest BCUT2D eigenvalue weighted by Crippen LogP contribution is 2.30. The number of pyridine rings is 1. The molecule has 4 aromatic rings. The molecule has 1 N–H and O–H groups in total. The minimum absolute atomic E-state index is 0.150. The third kappa shape index (κ3) is 2.78. The van der Waals surface area contributed by atoms with Crippen LogP contribution in [0.4, 0.5) is 5.82 Å². The van der Waals surface area contributed by atoms with E-state index in [0.29, 0.717) is 11.4 Å². The smallest absolute Gasteiger partial charge is 0.256 e. The lowest BCUT2D eigenvalue weighted by Gasteiger charge is -2.09. The lowest BCUT2D eigenvalue weighted by atomic mass is 10.1. The van der Waals surface area contributed by atoms with Crippen LogP contribution in [-0.4, -0.2) is 15.3 Å². The highest BCUT2D eigenvalue weighted by Gasteiger charge is 2.18. The molecule has 0 atom stereocenters. The number of hydrogen-bond donors (Lipinski definition) is 1. The first-order valence-electron chi connectivity index (χ1n) is 8.14. The summed E-state index contributed by atoms with van der Waals surface area (Å²) in [5.74, 6) is 0.538. The number of rotatable bonds is 3. The molecule has 1 amide bonds. The van der Waals surface area contributed by atoms with Crippen molar-refractivity contribution in [3.05, 3.63) is 90.1 Å². The zero-order valence-electron chi connectivity index (χ0n) is 13.8. The number of nitrogens with one attached hydrogen (secondary N) is 1. The summed E-state index contributed by atoms with van der Waals surface area (Å²) >= 11 is 0. The van der Waals surface area contributed by atoms with Gasteiger partial charge in [0.2, 0.25) is 0 Å². The Kier molecular flexibility index (Phi) is 3.78. The first-order chi connectivity index (χ1) is 12.2. The molecular weight excluding hydrogens is 310 g/mol. The van der Waals surface area contributed by atoms with E-state index in [2.05, 4.69) is 5.32 Å². The van der Waals surface area contributed by atoms with Gasteiger partial charge in [-0.1, -0.05) is 54.6 Å². The molecule has 4 rings (SSSR count). The predicted molar refractivity (Wildman–Crippen MR) is 99.8 cm³/mol. The Bertz CT molecular complexity index is 1040. The number of hydrogen-bond acceptors (Lipinski definition) is 2. The molecule has 0 spiro atoms. The highest BCUT2D eigenvalue weighted by molar-refractivity contribution is 6.05. The summed E-state index contributed by atoms with van der Waals surface area (Å²) in [4.78, 5) is 17.4. The topological polar surface area (TPSA) is 46.4 Å². The summed E-state index contributed by atoms with van der Waals surface area (Å²) in [5.41, 5.74) is 4.16. The number of carbonyl (C=O) groups is 1. The number of fused-ring (bicyclic) bond motifs is 1. The number of benzene rings is 2. The molecular formula is C21H17N3O. The van der Waals surface area contributed by atoms with Gasteiger partial charge in [0.15, 0.2) is 0 Å². The average Bonchev–Trinajstić information content (AvgIpc) is 3.03. The fraction of sp³-hybridized carbons (Fsp3) is 0.0476. The van der Waals surface area contributed by atoms with Gasteiger partial charge in [-0.05, 0) is 31.2 Å². The Balaban J connectivity index is 1.87. The van der Waals surface area contributed by atoms with Gasteiger partial charge in [0.05, 0.1) is 0 Å². The number of aromatic nitrogens is 2. The van der Waals surface area contributed by atoms with Crippen LogP contribution in [0.2, 0.25) is 0 Å². The van der Waals surface area contributed by atoms with Gasteiger partial charge in [0, 0.05) is 16.8 Å². The number of aryl methyl sites for hydroxylation is 1. The van der Waals surface area contributed by atoms with Gasteiger partial charge in [-0.25, -0.2) is 4.98 Å². The Morgan fingerprint density at radius 2 is 1.56 bits per heavy atom. The van der Waals surface area contributed by atoms with E-state index in [1.54, 1.807) is 12.1 Å². The number of imidazole rings is 1. The maximum Gasteiger partial charge on any atom is 0.256 e. The predicted octanol–water partition coefficient (Wildman–Crippen LogP) is 4.56. The molecule has 25 heavy (non-hydrogen) atoms. The lowest BCUT2D eigenvalue weighted by molar-refractivity contribution is 0.102. The quantitative estimate of drug-likeness (QED) is 0.599. The molecule has 4 nitrogen and oxygen atoms in total. The molecule has 4 heteroatoms. The van der Waals surface area contributed by atoms with Crippen LogP contribution in [0.25, 0.3) is 16.9 Å². The van der Waals surface area contributed by atoms with Crippen molar-refractivity contribution in [2.75, 3.05) is 5.32 Å². The van der Waals surface area contributed by atoms with Crippen LogP contribution < -0.4 is 5.32 Å². The molecule has 0 unspecified atom stereocenters. The molecule has 0 aliphatic carbocycles. The van der Waals surface area contributed by atoms with Crippen molar-refractivity contribution in [1.29, 1.82) is 0 Å². The molecule has 2 aromatic heterocycles. The van der Waals surface area contributed by atoms with Crippen LogP contribution in [0.3, 0.4) is 0 Å². The minimum atomic E-state index is -0.150. The normalized spacial score (nSPS) is 10.8. The van der Waals surface area contributed by atoms with Gasteiger partial charge < -0.3 is 5.32 Å². The van der Waals surface area contributed by atoms with E-state index in [0.717, 1.165) is 22.6 Å². The monoisotopic (exact) mass is 327 g/mol. The fourth-order valence-corrected chi connectivity index (χ4v) is 2.94. The lowest BCUT2D eigenvalue weighted by Crippen LogP contribution is -2.14. The van der Waals surface area contributed by atoms with E-state index in [1.807, 2.05) is 78.1 Å². The van der Waals surface area contributed by atoms with Crippen molar-refractivity contribution < 1.29 is 4.79 Å². The van der Waals surface area contributed by atoms with Crippen LogP contribution in [0.15, 0.2) is 78.9 Å². The summed E-state index contributed by atoms with van der Waals surface area (Å²) in [5, 5.41) is 3.05. The second-order valence-electron chi connectivity index (χ2n) is 5.86. The van der Waals surface area contributed by atoms with Crippen molar-refractivity contribution in [3.8, 4) is 11.3 Å². The standard InChI is InChI=1S/C21H17N3O/c1-15-9-8-14-18-22-19(16-10-4-2-5-11-16)20(24(15)18)23-21(25)17-12-6-3-7-13-17/h2-14H,1H3,(H,23,25). The van der Waals surface area contributed by atoms with E-state index in [4.69, 9.17) is 4.98 Å². The number of nitrogens with zero attached hydrogens (tertiary/aromatic N) is 2. The van der Waals surface area contributed by atoms with E-state index < -0.39 is 0 Å². The molecule has 0 aliphatic rings. The zero-order chi connectivity index (χ0) is 17.2. The second-order valence-corrected chi connectivity index (χ2v) is 5.86. The van der Waals surface area contributed by atoms with Crippen molar-refractivity contribution in [2.24, 2.45) is 0 Å². The third-order valence-electron chi connectivity index (χ3n) is 4.15. The maximum absolute atomic E-state index is 12.7. The fourth-order valence-electron chi connectivity index (χ4n) is 2.94. The summed E-state index contributed by atoms with van der Waals surface area (Å²) in [7, 11) is 0. The minimum Gasteiger partial charge on any atom is -0.306 e. The zero-order valence-corrected chi connectivity index (χ0v) is 13.8. The van der Waals surface area contributed by atoms with Crippen molar-refractivity contribution in [3.63, 3.8) is 0 Å². The van der Waals surface area contributed by atoms with E-state index in [9.17, 15) is 4.79 Å². The molecule has 2 heterocycles. The van der Waals surface area contributed by atoms with E-state index in [1.165, 1.54) is 0 Å². The highest BCUT2D eigenvalue weighted by atomic mass is 16.1. The SMILES string of the molecule is Cc1cccc2nc(-c3ccccc3)c(NC(=O)c3ccccc3)n12. The molecule has 0 fully saturated rings. The maximum atomic E-state index is 12.7. The first-order valence-corrected chi connectivity index (χ1v) is 8.14. The molecule has 0 radical (unpaired) electrons. The Morgan fingerprint density at radius 1 is 0.880 bits per heavy atom. The summed E-state index contributed by atoms with van der Waals surface area (Å²) < 4.78 is 1.98. The Morgan fingerprint density at radius 3 is 2.28 bits per heavy atom. The van der Waals surface area contributed by atoms with E-state index >= 15 is 0 Å². The van der Waals surface area contributed by atoms with Crippen molar-refractivity contribution >= 4 is 17.4 Å². The third-order valence-corrected chi connectivity index (χ3v) is 4.15. The summed E-state index contributed by atoms with van der Waals surface area (Å²) in [6.07, 6.45) is 0. The number of amides is 1. The second kappa shape index (κ2) is 6.24. The molecule has 0 bridgehead atoms. The van der Waals surface area contributed by atoms with Crippen LogP contribution in [0, 0.1) is 6.92 Å². The van der Waals surface area contributed by atoms with Gasteiger partial charge in [-0.3, -0.25) is 9.20 Å². The van der Waals surface area contributed by atoms with Gasteiger partial charge in [0.25, 0.3) is 5.91 Å². The van der Waals surface area contributed by atoms with Gasteiger partial charge in [-0.2, -0.15) is 0 Å². The molecule has 122 valence electrons. The molecule has 0 saturated carbocycles. The van der Waals surface area contributed by atoms with Crippen LogP contribution in [0.1, 0.15) is 16.1 Å². The van der Waals surface area contributed by atoms with Gasteiger partial charge >= 0.3 is 0 Å². The van der Waals surface area contributed by atoms with Crippen LogP contribution >= 0.6 is 0 Å². The molecule has 2 aromatic carbocycles. The summed E-state index contributed by atoms with van der Waals surface area (Å²) in [6.45, 7) is 2.00. The number of anilines is 1. The van der Waals surface area contributed by atoms with E-state index in [-0.39, 0.29) is 5.91 Å². The van der Waals surface area contributed by atoms with Crippen molar-refractivity contribution in [1.82, 2.24) is 9.38 Å². The van der Waals surface area contributed by atoms with Crippen LogP contribution in [0.5, 0.6) is 0 Å². The van der Waals surface area contributed by atoms with Gasteiger partial charge in [0.1, 0.15) is 17.2 Å². The Labute approximate surface area is 145 Å². The largest absolute Gasteiger partial charge is 0.306 e.